The summed E-state index contributed by atoms with van der Waals surface area (Å²) in [5.74, 6) is 1.91. The number of carbonyl (C=O) groups is 1. The minimum absolute atomic E-state index is 0.0947. The van der Waals surface area contributed by atoms with Crippen LogP contribution in [0.2, 0.25) is 5.02 Å². The number of benzene rings is 2. The molecule has 0 fully saturated rings. The molecule has 0 saturated carbocycles. The van der Waals surface area contributed by atoms with Gasteiger partial charge in [-0.15, -0.1) is 0 Å². The molecule has 1 amide bonds. The third-order valence-corrected chi connectivity index (χ3v) is 5.68. The fourth-order valence-corrected chi connectivity index (χ4v) is 3.99. The summed E-state index contributed by atoms with van der Waals surface area (Å²) in [5, 5.41) is 4.68. The summed E-state index contributed by atoms with van der Waals surface area (Å²) in [6.45, 7) is 2.80. The van der Waals surface area contributed by atoms with E-state index in [0.717, 1.165) is 29.8 Å². The molecule has 7 heteroatoms. The first-order valence-electron chi connectivity index (χ1n) is 10.1. The van der Waals surface area contributed by atoms with Crippen LogP contribution in [0.5, 0.6) is 5.75 Å². The Morgan fingerprint density at radius 3 is 2.80 bits per heavy atom. The number of halogens is 1. The number of aromatic nitrogens is 2. The topological polar surface area (TPSA) is 68.5 Å². The van der Waals surface area contributed by atoms with E-state index in [1.807, 2.05) is 23.1 Å². The molecule has 0 spiro atoms. The van der Waals surface area contributed by atoms with Crippen molar-refractivity contribution in [1.29, 1.82) is 0 Å². The summed E-state index contributed by atoms with van der Waals surface area (Å²) in [6.07, 6.45) is 3.53. The van der Waals surface area contributed by atoms with Gasteiger partial charge in [0.2, 0.25) is 17.6 Å². The second kappa shape index (κ2) is 8.88. The van der Waals surface area contributed by atoms with Gasteiger partial charge >= 0.3 is 0 Å². The highest BCUT2D eigenvalue weighted by atomic mass is 35.5. The molecule has 4 rings (SSSR count). The molecule has 1 aliphatic rings. The number of ether oxygens (including phenoxy) is 1. The van der Waals surface area contributed by atoms with Gasteiger partial charge in [0.1, 0.15) is 5.75 Å². The molecule has 0 unspecified atom stereocenters. The Morgan fingerprint density at radius 2 is 2.03 bits per heavy atom. The second-order valence-electron chi connectivity index (χ2n) is 7.43. The molecule has 1 aliphatic heterocycles. The lowest BCUT2D eigenvalue weighted by molar-refractivity contribution is -0.118. The number of hydrogen-bond donors (Lipinski definition) is 0. The number of fused-ring (bicyclic) bond motifs is 1. The van der Waals surface area contributed by atoms with Crippen LogP contribution < -0.4 is 9.64 Å². The largest absolute Gasteiger partial charge is 0.495 e. The number of anilines is 1. The summed E-state index contributed by atoms with van der Waals surface area (Å²) in [6, 6.07) is 11.3. The van der Waals surface area contributed by atoms with Crippen LogP contribution in [-0.4, -0.2) is 29.7 Å². The van der Waals surface area contributed by atoms with Crippen molar-refractivity contribution >= 4 is 23.2 Å². The van der Waals surface area contributed by atoms with E-state index < -0.39 is 0 Å². The predicted molar refractivity (Wildman–Crippen MR) is 116 cm³/mol. The third kappa shape index (κ3) is 4.19. The van der Waals surface area contributed by atoms with Gasteiger partial charge in [-0.2, -0.15) is 4.98 Å². The van der Waals surface area contributed by atoms with Gasteiger partial charge in [0.05, 0.1) is 12.8 Å². The van der Waals surface area contributed by atoms with Crippen molar-refractivity contribution in [2.45, 2.75) is 39.0 Å². The molecule has 0 saturated heterocycles. The van der Waals surface area contributed by atoms with E-state index in [2.05, 4.69) is 23.1 Å². The van der Waals surface area contributed by atoms with Crippen molar-refractivity contribution < 1.29 is 14.1 Å². The number of carbonyl (C=O) groups excluding carboxylic acids is 1. The number of aryl methyl sites for hydroxylation is 2. The number of nitrogens with zero attached hydrogens (tertiary/aromatic N) is 3. The molecule has 3 aromatic rings. The van der Waals surface area contributed by atoms with Crippen molar-refractivity contribution in [2.24, 2.45) is 0 Å². The Morgan fingerprint density at radius 1 is 1.23 bits per heavy atom. The molecule has 1 aromatic heterocycles. The smallest absolute Gasteiger partial charge is 0.227 e. The molecular formula is C23H24ClN3O3. The zero-order valence-corrected chi connectivity index (χ0v) is 17.9. The molecule has 0 atom stereocenters. The van der Waals surface area contributed by atoms with E-state index in [4.69, 9.17) is 20.9 Å². The molecule has 0 radical (unpaired) electrons. The maximum atomic E-state index is 13.0. The van der Waals surface area contributed by atoms with Crippen molar-refractivity contribution in [1.82, 2.24) is 10.1 Å². The third-order valence-electron chi connectivity index (χ3n) is 5.43. The first-order valence-corrected chi connectivity index (χ1v) is 10.5. The average molecular weight is 426 g/mol. The Hall–Kier alpha value is -2.86. The van der Waals surface area contributed by atoms with Crippen LogP contribution in [-0.2, 0) is 17.6 Å². The van der Waals surface area contributed by atoms with E-state index in [1.54, 1.807) is 19.2 Å². The number of hydrogen-bond acceptors (Lipinski definition) is 5. The van der Waals surface area contributed by atoms with Crippen LogP contribution >= 0.6 is 11.6 Å². The minimum Gasteiger partial charge on any atom is -0.495 e. The lowest BCUT2D eigenvalue weighted by Gasteiger charge is -2.32. The molecule has 0 bridgehead atoms. The van der Waals surface area contributed by atoms with Gasteiger partial charge in [0.15, 0.2) is 0 Å². The maximum absolute atomic E-state index is 13.0. The lowest BCUT2D eigenvalue weighted by atomic mass is 9.96. The summed E-state index contributed by atoms with van der Waals surface area (Å²) < 4.78 is 10.9. The van der Waals surface area contributed by atoms with Crippen LogP contribution in [0.25, 0.3) is 11.4 Å². The van der Waals surface area contributed by atoms with Crippen LogP contribution in [0.15, 0.2) is 40.9 Å². The summed E-state index contributed by atoms with van der Waals surface area (Å²) in [7, 11) is 1.65. The molecule has 30 heavy (non-hydrogen) atoms. The highest BCUT2D eigenvalue weighted by Gasteiger charge is 2.27. The Bertz CT molecular complexity index is 1050. The summed E-state index contributed by atoms with van der Waals surface area (Å²) in [4.78, 5) is 19.3. The predicted octanol–water partition coefficient (Wildman–Crippen LogP) is 5.01. The van der Waals surface area contributed by atoms with Crippen molar-refractivity contribution in [3.63, 3.8) is 0 Å². The van der Waals surface area contributed by atoms with E-state index >= 15 is 0 Å². The van der Waals surface area contributed by atoms with Gasteiger partial charge in [-0.25, -0.2) is 0 Å². The quantitative estimate of drug-likeness (QED) is 0.555. The summed E-state index contributed by atoms with van der Waals surface area (Å²) in [5.41, 5.74) is 4.18. The fraction of sp³-hybridized carbons (Fsp3) is 0.348. The number of rotatable bonds is 6. The molecular weight excluding hydrogens is 402 g/mol. The van der Waals surface area contributed by atoms with Crippen LogP contribution in [0, 0.1) is 6.92 Å². The van der Waals surface area contributed by atoms with Gasteiger partial charge < -0.3 is 14.2 Å². The van der Waals surface area contributed by atoms with Gasteiger partial charge in [-0.3, -0.25) is 4.79 Å². The van der Waals surface area contributed by atoms with E-state index in [0.29, 0.717) is 42.5 Å². The molecule has 2 aromatic carbocycles. The van der Waals surface area contributed by atoms with Crippen LogP contribution in [0.3, 0.4) is 0 Å². The van der Waals surface area contributed by atoms with Gasteiger partial charge in [0.25, 0.3) is 0 Å². The first-order chi connectivity index (χ1) is 14.6. The highest BCUT2D eigenvalue weighted by molar-refractivity contribution is 6.30. The van der Waals surface area contributed by atoms with Crippen molar-refractivity contribution in [3.05, 3.63) is 58.4 Å². The molecule has 0 aliphatic carbocycles. The van der Waals surface area contributed by atoms with Crippen molar-refractivity contribution in [2.75, 3.05) is 18.6 Å². The second-order valence-corrected chi connectivity index (χ2v) is 7.87. The molecule has 2 heterocycles. The molecule has 0 N–H and O–H groups in total. The normalized spacial score (nSPS) is 13.2. The van der Waals surface area contributed by atoms with E-state index in [-0.39, 0.29) is 5.91 Å². The van der Waals surface area contributed by atoms with E-state index in [9.17, 15) is 4.79 Å². The fourth-order valence-electron chi connectivity index (χ4n) is 3.87. The minimum atomic E-state index is 0.0947. The maximum Gasteiger partial charge on any atom is 0.227 e. The Labute approximate surface area is 180 Å². The molecule has 6 nitrogen and oxygen atoms in total. The molecule has 156 valence electrons. The lowest BCUT2D eigenvalue weighted by Crippen LogP contribution is -2.36. The highest BCUT2D eigenvalue weighted by Crippen LogP contribution is 2.38. The van der Waals surface area contributed by atoms with Crippen molar-refractivity contribution in [3.8, 4) is 17.1 Å². The zero-order chi connectivity index (χ0) is 21.1. The average Bonchev–Trinajstić information content (AvgIpc) is 3.23. The van der Waals surface area contributed by atoms with E-state index in [1.165, 1.54) is 11.1 Å². The number of amides is 1. The monoisotopic (exact) mass is 425 g/mol. The van der Waals surface area contributed by atoms with Crippen LogP contribution in [0.1, 0.15) is 36.3 Å². The first kappa shape index (κ1) is 20.4. The SMILES string of the molecule is COc1ccc(C)c2c1N(C(=O)CCCc1nc(-c3ccc(Cl)cc3)no1)CCC2. The standard InChI is InChI=1S/C23H24ClN3O3/c1-15-8-13-19(29-2)22-18(15)5-4-14-27(22)21(28)7-3-6-20-25-23(26-30-20)16-9-11-17(24)12-10-16/h8-13H,3-7,14H2,1-2H3. The zero-order valence-electron chi connectivity index (χ0n) is 17.2. The van der Waals surface area contributed by atoms with Gasteiger partial charge in [-0.05, 0) is 67.6 Å². The van der Waals surface area contributed by atoms with Gasteiger partial charge in [-0.1, -0.05) is 22.8 Å². The van der Waals surface area contributed by atoms with Gasteiger partial charge in [0, 0.05) is 30.0 Å². The number of methoxy groups -OCH3 is 1. The Balaban J connectivity index is 1.40. The summed E-state index contributed by atoms with van der Waals surface area (Å²) >= 11 is 5.92. The Kier molecular flexibility index (Phi) is 6.04. The van der Waals surface area contributed by atoms with Crippen LogP contribution in [0.4, 0.5) is 5.69 Å².